The number of hydrogen-bond donors (Lipinski definition) is 2. The molecule has 4 rings (SSSR count). The lowest BCUT2D eigenvalue weighted by atomic mass is 9.99. The molecule has 0 saturated carbocycles. The lowest BCUT2D eigenvalue weighted by Crippen LogP contribution is -2.19. The van der Waals surface area contributed by atoms with Gasteiger partial charge in [-0.1, -0.05) is 19.9 Å². The summed E-state index contributed by atoms with van der Waals surface area (Å²) in [6.45, 7) is 5.62. The first-order valence-corrected chi connectivity index (χ1v) is 10.8. The van der Waals surface area contributed by atoms with Gasteiger partial charge in [0.25, 0.3) is 0 Å². The SMILES string of the molecule is CCOC(=O)c1nc(-c2cccs2)n2c1CCc1cc(O)c(NC(=O)C(C)C)cc1-2. The summed E-state index contributed by atoms with van der Waals surface area (Å²) in [6, 6.07) is 7.31. The van der Waals surface area contributed by atoms with Crippen LogP contribution in [0.4, 0.5) is 5.69 Å². The fourth-order valence-corrected chi connectivity index (χ4v) is 4.24. The number of rotatable bonds is 5. The Balaban J connectivity index is 1.90. The molecular formula is C22H23N3O4S. The minimum atomic E-state index is -0.445. The van der Waals surface area contributed by atoms with Crippen LogP contribution in [0.2, 0.25) is 0 Å². The highest BCUT2D eigenvalue weighted by molar-refractivity contribution is 7.13. The normalized spacial score (nSPS) is 12.4. The molecule has 156 valence electrons. The summed E-state index contributed by atoms with van der Waals surface area (Å²) in [7, 11) is 0. The predicted molar refractivity (Wildman–Crippen MR) is 115 cm³/mol. The van der Waals surface area contributed by atoms with Crippen LogP contribution < -0.4 is 5.32 Å². The first-order chi connectivity index (χ1) is 14.4. The molecule has 7 nitrogen and oxygen atoms in total. The van der Waals surface area contributed by atoms with Gasteiger partial charge in [-0.15, -0.1) is 11.3 Å². The number of ether oxygens (including phenoxy) is 1. The average Bonchev–Trinajstić information content (AvgIpc) is 3.36. The Bertz CT molecular complexity index is 1120. The Hall–Kier alpha value is -3.13. The molecule has 0 atom stereocenters. The molecule has 3 aromatic rings. The predicted octanol–water partition coefficient (Wildman–Crippen LogP) is 4.18. The van der Waals surface area contributed by atoms with Gasteiger partial charge in [0.2, 0.25) is 5.91 Å². The first-order valence-electron chi connectivity index (χ1n) is 9.90. The number of esters is 1. The summed E-state index contributed by atoms with van der Waals surface area (Å²) >= 11 is 1.53. The van der Waals surface area contributed by atoms with Crippen molar-refractivity contribution in [3.05, 3.63) is 46.6 Å². The third-order valence-electron chi connectivity index (χ3n) is 5.03. The molecule has 1 aliphatic rings. The van der Waals surface area contributed by atoms with E-state index in [2.05, 4.69) is 10.3 Å². The zero-order valence-corrected chi connectivity index (χ0v) is 17.9. The maximum atomic E-state index is 12.6. The van der Waals surface area contributed by atoms with Crippen LogP contribution in [0, 0.1) is 5.92 Å². The molecule has 0 bridgehead atoms. The van der Waals surface area contributed by atoms with Crippen molar-refractivity contribution in [3.63, 3.8) is 0 Å². The zero-order chi connectivity index (χ0) is 21.4. The second-order valence-corrected chi connectivity index (χ2v) is 8.35. The molecular weight excluding hydrogens is 402 g/mol. The van der Waals surface area contributed by atoms with Crippen molar-refractivity contribution < 1.29 is 19.4 Å². The van der Waals surface area contributed by atoms with Gasteiger partial charge in [0.05, 0.1) is 28.6 Å². The van der Waals surface area contributed by atoms with Crippen molar-refractivity contribution in [3.8, 4) is 22.1 Å². The number of aryl methyl sites for hydroxylation is 1. The lowest BCUT2D eigenvalue weighted by Gasteiger charge is -2.23. The van der Waals surface area contributed by atoms with E-state index < -0.39 is 5.97 Å². The summed E-state index contributed by atoms with van der Waals surface area (Å²) < 4.78 is 7.17. The third kappa shape index (κ3) is 3.47. The van der Waals surface area contributed by atoms with Crippen molar-refractivity contribution >= 4 is 28.9 Å². The minimum Gasteiger partial charge on any atom is -0.506 e. The molecule has 1 aromatic carbocycles. The highest BCUT2D eigenvalue weighted by Crippen LogP contribution is 2.39. The summed E-state index contributed by atoms with van der Waals surface area (Å²) in [5.74, 6) is -0.177. The Labute approximate surface area is 178 Å². The van der Waals surface area contributed by atoms with Gasteiger partial charge in [0, 0.05) is 5.92 Å². The Morgan fingerprint density at radius 2 is 2.13 bits per heavy atom. The summed E-state index contributed by atoms with van der Waals surface area (Å²) in [5.41, 5.74) is 3.14. The fourth-order valence-electron chi connectivity index (χ4n) is 3.54. The second kappa shape index (κ2) is 7.95. The second-order valence-electron chi connectivity index (χ2n) is 7.41. The van der Waals surface area contributed by atoms with E-state index in [1.165, 1.54) is 11.3 Å². The van der Waals surface area contributed by atoms with E-state index in [0.29, 0.717) is 30.0 Å². The monoisotopic (exact) mass is 425 g/mol. The van der Waals surface area contributed by atoms with Gasteiger partial charge in [0.15, 0.2) is 11.5 Å². The number of hydrogen-bond acceptors (Lipinski definition) is 6. The number of aromatic nitrogens is 2. The number of nitrogens with zero attached hydrogens (tertiary/aromatic N) is 2. The van der Waals surface area contributed by atoms with Crippen LogP contribution in [-0.2, 0) is 22.4 Å². The molecule has 30 heavy (non-hydrogen) atoms. The minimum absolute atomic E-state index is 0.0228. The molecule has 2 aromatic heterocycles. The van der Waals surface area contributed by atoms with Crippen LogP contribution in [0.5, 0.6) is 5.75 Å². The Kier molecular flexibility index (Phi) is 5.34. The number of phenols is 1. The highest BCUT2D eigenvalue weighted by atomic mass is 32.1. The highest BCUT2D eigenvalue weighted by Gasteiger charge is 2.30. The molecule has 1 aliphatic heterocycles. The largest absolute Gasteiger partial charge is 0.506 e. The van der Waals surface area contributed by atoms with Gasteiger partial charge < -0.3 is 15.2 Å². The molecule has 0 fully saturated rings. The molecule has 3 heterocycles. The van der Waals surface area contributed by atoms with Crippen molar-refractivity contribution in [2.24, 2.45) is 5.92 Å². The molecule has 0 aliphatic carbocycles. The van der Waals surface area contributed by atoms with Gasteiger partial charge >= 0.3 is 5.97 Å². The average molecular weight is 426 g/mol. The standard InChI is InChI=1S/C22H23N3O4S/c1-4-29-22(28)19-15-8-7-13-10-17(26)14(23-21(27)12(2)3)11-16(13)25(15)20(24-19)18-6-5-9-30-18/h5-6,9-12,26H,4,7-8H2,1-3H3,(H,23,27). The molecule has 8 heteroatoms. The Morgan fingerprint density at radius 3 is 2.80 bits per heavy atom. The summed E-state index contributed by atoms with van der Waals surface area (Å²) in [5, 5.41) is 15.2. The fraction of sp³-hybridized carbons (Fsp3) is 0.318. The number of imidazole rings is 1. The van der Waals surface area contributed by atoms with Crippen molar-refractivity contribution in [2.75, 3.05) is 11.9 Å². The van der Waals surface area contributed by atoms with E-state index in [1.54, 1.807) is 32.9 Å². The number of phenolic OH excluding ortho intramolecular Hbond substituents is 1. The van der Waals surface area contributed by atoms with E-state index in [9.17, 15) is 14.7 Å². The topological polar surface area (TPSA) is 93.4 Å². The molecule has 1 amide bonds. The maximum absolute atomic E-state index is 12.6. The molecule has 0 unspecified atom stereocenters. The first kappa shape index (κ1) is 20.2. The summed E-state index contributed by atoms with van der Waals surface area (Å²) in [4.78, 5) is 30.3. The number of carbonyl (C=O) groups is 2. The van der Waals surface area contributed by atoms with Gasteiger partial charge in [-0.2, -0.15) is 0 Å². The third-order valence-corrected chi connectivity index (χ3v) is 5.90. The number of fused-ring (bicyclic) bond motifs is 3. The number of carbonyl (C=O) groups excluding carboxylic acids is 2. The molecule has 0 spiro atoms. The van der Waals surface area contributed by atoms with E-state index in [1.807, 2.05) is 22.1 Å². The number of amides is 1. The van der Waals surface area contributed by atoms with Crippen LogP contribution >= 0.6 is 11.3 Å². The van der Waals surface area contributed by atoms with Gasteiger partial charge in [-0.3, -0.25) is 9.36 Å². The number of anilines is 1. The zero-order valence-electron chi connectivity index (χ0n) is 17.1. The van der Waals surface area contributed by atoms with Gasteiger partial charge in [-0.25, -0.2) is 9.78 Å². The number of benzene rings is 1. The van der Waals surface area contributed by atoms with Crippen molar-refractivity contribution in [1.82, 2.24) is 9.55 Å². The van der Waals surface area contributed by atoms with Crippen molar-refractivity contribution in [1.29, 1.82) is 0 Å². The van der Waals surface area contributed by atoms with Crippen LogP contribution in [0.15, 0.2) is 29.6 Å². The van der Waals surface area contributed by atoms with Crippen LogP contribution in [0.25, 0.3) is 16.4 Å². The molecule has 2 N–H and O–H groups in total. The van der Waals surface area contributed by atoms with Crippen LogP contribution in [-0.4, -0.2) is 33.1 Å². The molecule has 0 saturated heterocycles. The van der Waals surface area contributed by atoms with Crippen molar-refractivity contribution in [2.45, 2.75) is 33.6 Å². The van der Waals surface area contributed by atoms with E-state index in [0.717, 1.165) is 21.8 Å². The number of thiophene rings is 1. The van der Waals surface area contributed by atoms with Crippen LogP contribution in [0.1, 0.15) is 42.5 Å². The number of nitrogens with one attached hydrogen (secondary N) is 1. The van der Waals surface area contributed by atoms with E-state index >= 15 is 0 Å². The van der Waals surface area contributed by atoms with Gasteiger partial charge in [-0.05, 0) is 48.9 Å². The Morgan fingerprint density at radius 1 is 1.33 bits per heavy atom. The lowest BCUT2D eigenvalue weighted by molar-refractivity contribution is -0.118. The number of aromatic hydroxyl groups is 1. The van der Waals surface area contributed by atoms with E-state index in [4.69, 9.17) is 4.74 Å². The maximum Gasteiger partial charge on any atom is 0.358 e. The summed E-state index contributed by atoms with van der Waals surface area (Å²) in [6.07, 6.45) is 1.24. The molecule has 0 radical (unpaired) electrons. The quantitative estimate of drug-likeness (QED) is 0.473. The smallest absolute Gasteiger partial charge is 0.358 e. The van der Waals surface area contributed by atoms with Crippen LogP contribution in [0.3, 0.4) is 0 Å². The van der Waals surface area contributed by atoms with E-state index in [-0.39, 0.29) is 24.2 Å². The van der Waals surface area contributed by atoms with Gasteiger partial charge in [0.1, 0.15) is 5.75 Å².